The number of benzene rings is 1. The van der Waals surface area contributed by atoms with Crippen molar-refractivity contribution in [1.29, 1.82) is 0 Å². The van der Waals surface area contributed by atoms with Gasteiger partial charge in [0.05, 0.1) is 5.52 Å². The maximum Gasteiger partial charge on any atom is 0.252 e. The predicted octanol–water partition coefficient (Wildman–Crippen LogP) is 1.57. The Labute approximate surface area is 106 Å². The molecule has 1 aromatic carbocycles. The van der Waals surface area contributed by atoms with Crippen molar-refractivity contribution in [2.75, 3.05) is 19.6 Å². The zero-order chi connectivity index (χ0) is 12.8. The average Bonchev–Trinajstić information content (AvgIpc) is 2.43. The van der Waals surface area contributed by atoms with Crippen molar-refractivity contribution in [3.8, 4) is 0 Å². The van der Waals surface area contributed by atoms with E-state index >= 15 is 0 Å². The summed E-state index contributed by atoms with van der Waals surface area (Å²) in [6, 6.07) is 9.35. The smallest absolute Gasteiger partial charge is 0.252 e. The fourth-order valence-electron chi connectivity index (χ4n) is 1.84. The Hall–Kier alpha value is -1.94. The number of fused-ring (bicyclic) bond motifs is 1. The van der Waals surface area contributed by atoms with E-state index in [1.165, 1.54) is 0 Å². The molecular formula is C14H17N3O. The second-order valence-electron chi connectivity index (χ2n) is 3.99. The van der Waals surface area contributed by atoms with Crippen LogP contribution in [0.3, 0.4) is 0 Å². The predicted molar refractivity (Wildman–Crippen MR) is 72.6 cm³/mol. The molecule has 2 rings (SSSR count). The van der Waals surface area contributed by atoms with Gasteiger partial charge in [0, 0.05) is 30.2 Å². The molecule has 1 heterocycles. The number of hydrogen-bond acceptors (Lipinski definition) is 3. The summed E-state index contributed by atoms with van der Waals surface area (Å²) < 4.78 is 0. The third-order valence-corrected chi connectivity index (χ3v) is 2.73. The number of amides is 1. The number of rotatable bonds is 5. The van der Waals surface area contributed by atoms with Crippen LogP contribution in [0.1, 0.15) is 17.3 Å². The minimum Gasteiger partial charge on any atom is -0.351 e. The first kappa shape index (κ1) is 12.5. The van der Waals surface area contributed by atoms with Gasteiger partial charge in [0.2, 0.25) is 0 Å². The molecule has 0 saturated heterocycles. The molecule has 1 amide bonds. The van der Waals surface area contributed by atoms with Gasteiger partial charge in [-0.15, -0.1) is 0 Å². The normalized spacial score (nSPS) is 10.5. The number of likely N-dealkylation sites (N-methyl/N-ethyl adjacent to an activating group) is 1. The van der Waals surface area contributed by atoms with Gasteiger partial charge in [0.1, 0.15) is 0 Å². The summed E-state index contributed by atoms with van der Waals surface area (Å²) in [6.07, 6.45) is 1.73. The molecule has 0 aliphatic carbocycles. The molecule has 4 heteroatoms. The number of carbonyl (C=O) groups excluding carboxylic acids is 1. The van der Waals surface area contributed by atoms with Crippen molar-refractivity contribution >= 4 is 16.8 Å². The highest BCUT2D eigenvalue weighted by atomic mass is 16.1. The highest BCUT2D eigenvalue weighted by molar-refractivity contribution is 6.06. The van der Waals surface area contributed by atoms with E-state index in [1.807, 2.05) is 37.3 Å². The van der Waals surface area contributed by atoms with Crippen LogP contribution in [0.5, 0.6) is 0 Å². The van der Waals surface area contributed by atoms with E-state index in [4.69, 9.17) is 0 Å². The van der Waals surface area contributed by atoms with Crippen molar-refractivity contribution in [1.82, 2.24) is 15.6 Å². The maximum atomic E-state index is 12.1. The maximum absolute atomic E-state index is 12.1. The van der Waals surface area contributed by atoms with Gasteiger partial charge in [0.25, 0.3) is 5.91 Å². The minimum atomic E-state index is -0.0495. The molecule has 2 aromatic rings. The van der Waals surface area contributed by atoms with Gasteiger partial charge in [-0.3, -0.25) is 9.78 Å². The molecule has 94 valence electrons. The van der Waals surface area contributed by atoms with E-state index in [1.54, 1.807) is 6.20 Å². The fraction of sp³-hybridized carbons (Fsp3) is 0.286. The van der Waals surface area contributed by atoms with Crippen molar-refractivity contribution in [2.45, 2.75) is 6.92 Å². The van der Waals surface area contributed by atoms with E-state index in [0.717, 1.165) is 24.0 Å². The first-order valence-corrected chi connectivity index (χ1v) is 6.15. The fourth-order valence-corrected chi connectivity index (χ4v) is 1.84. The number of nitrogens with zero attached hydrogens (tertiary/aromatic N) is 1. The Bertz CT molecular complexity index is 534. The molecule has 1 aromatic heterocycles. The highest BCUT2D eigenvalue weighted by Gasteiger charge is 2.08. The van der Waals surface area contributed by atoms with Crippen LogP contribution in [-0.4, -0.2) is 30.5 Å². The summed E-state index contributed by atoms with van der Waals surface area (Å²) in [5.74, 6) is -0.0495. The molecule has 0 spiro atoms. The standard InChI is InChI=1S/C14H17N3O/c1-2-15-9-10-17-14(18)12-5-3-7-13-11(12)6-4-8-16-13/h3-8,15H,2,9-10H2,1H3,(H,17,18). The SMILES string of the molecule is CCNCCNC(=O)c1cccc2ncccc12. The molecular weight excluding hydrogens is 226 g/mol. The highest BCUT2D eigenvalue weighted by Crippen LogP contribution is 2.15. The van der Waals surface area contributed by atoms with Crippen LogP contribution in [0.15, 0.2) is 36.5 Å². The van der Waals surface area contributed by atoms with Crippen molar-refractivity contribution in [2.24, 2.45) is 0 Å². The number of carbonyl (C=O) groups is 1. The van der Waals surface area contributed by atoms with Gasteiger partial charge in [-0.05, 0) is 24.7 Å². The lowest BCUT2D eigenvalue weighted by atomic mass is 10.1. The van der Waals surface area contributed by atoms with Gasteiger partial charge in [-0.1, -0.05) is 19.1 Å². The van der Waals surface area contributed by atoms with Gasteiger partial charge in [-0.25, -0.2) is 0 Å². The van der Waals surface area contributed by atoms with Crippen molar-refractivity contribution in [3.05, 3.63) is 42.1 Å². The van der Waals surface area contributed by atoms with E-state index in [9.17, 15) is 4.79 Å². The van der Waals surface area contributed by atoms with Crippen LogP contribution in [-0.2, 0) is 0 Å². The summed E-state index contributed by atoms with van der Waals surface area (Å²) in [5, 5.41) is 6.95. The summed E-state index contributed by atoms with van der Waals surface area (Å²) in [4.78, 5) is 16.3. The second kappa shape index (κ2) is 6.12. The zero-order valence-electron chi connectivity index (χ0n) is 10.4. The average molecular weight is 243 g/mol. The molecule has 0 unspecified atom stereocenters. The number of hydrogen-bond donors (Lipinski definition) is 2. The minimum absolute atomic E-state index is 0.0495. The molecule has 0 aliphatic heterocycles. The Morgan fingerprint density at radius 1 is 1.22 bits per heavy atom. The summed E-state index contributed by atoms with van der Waals surface area (Å²) in [6.45, 7) is 4.36. The largest absolute Gasteiger partial charge is 0.351 e. The Morgan fingerprint density at radius 3 is 2.94 bits per heavy atom. The lowest BCUT2D eigenvalue weighted by molar-refractivity contribution is 0.0955. The molecule has 18 heavy (non-hydrogen) atoms. The molecule has 4 nitrogen and oxygen atoms in total. The monoisotopic (exact) mass is 243 g/mol. The molecule has 0 atom stereocenters. The first-order chi connectivity index (χ1) is 8.83. The van der Waals surface area contributed by atoms with E-state index in [0.29, 0.717) is 12.1 Å². The summed E-state index contributed by atoms with van der Waals surface area (Å²) in [7, 11) is 0. The zero-order valence-corrected chi connectivity index (χ0v) is 10.4. The Kier molecular flexibility index (Phi) is 4.25. The molecule has 0 radical (unpaired) electrons. The molecule has 0 aliphatic rings. The molecule has 0 saturated carbocycles. The molecule has 2 N–H and O–H groups in total. The van der Waals surface area contributed by atoms with Gasteiger partial charge < -0.3 is 10.6 Å². The topological polar surface area (TPSA) is 54.0 Å². The Morgan fingerprint density at radius 2 is 2.11 bits per heavy atom. The van der Waals surface area contributed by atoms with Crippen LogP contribution in [0, 0.1) is 0 Å². The molecule has 0 bridgehead atoms. The van der Waals surface area contributed by atoms with Crippen LogP contribution in [0.25, 0.3) is 10.9 Å². The van der Waals surface area contributed by atoms with Gasteiger partial charge in [0.15, 0.2) is 0 Å². The summed E-state index contributed by atoms with van der Waals surface area (Å²) in [5.41, 5.74) is 1.52. The Balaban J connectivity index is 2.13. The molecule has 0 fully saturated rings. The van der Waals surface area contributed by atoms with E-state index < -0.39 is 0 Å². The third kappa shape index (κ3) is 2.84. The van der Waals surface area contributed by atoms with Crippen LogP contribution >= 0.6 is 0 Å². The quantitative estimate of drug-likeness (QED) is 0.784. The van der Waals surface area contributed by atoms with Gasteiger partial charge in [-0.2, -0.15) is 0 Å². The third-order valence-electron chi connectivity index (χ3n) is 2.73. The summed E-state index contributed by atoms with van der Waals surface area (Å²) >= 11 is 0. The lowest BCUT2D eigenvalue weighted by Crippen LogP contribution is -2.31. The van der Waals surface area contributed by atoms with E-state index in [2.05, 4.69) is 15.6 Å². The number of aromatic nitrogens is 1. The van der Waals surface area contributed by atoms with Crippen LogP contribution in [0.2, 0.25) is 0 Å². The van der Waals surface area contributed by atoms with E-state index in [-0.39, 0.29) is 5.91 Å². The first-order valence-electron chi connectivity index (χ1n) is 6.15. The second-order valence-corrected chi connectivity index (χ2v) is 3.99. The van der Waals surface area contributed by atoms with Crippen molar-refractivity contribution in [3.63, 3.8) is 0 Å². The number of pyridine rings is 1. The van der Waals surface area contributed by atoms with Crippen molar-refractivity contribution < 1.29 is 4.79 Å². The van der Waals surface area contributed by atoms with Crippen LogP contribution < -0.4 is 10.6 Å². The van der Waals surface area contributed by atoms with Crippen LogP contribution in [0.4, 0.5) is 0 Å². The lowest BCUT2D eigenvalue weighted by Gasteiger charge is -2.07. The number of nitrogens with one attached hydrogen (secondary N) is 2. The van der Waals surface area contributed by atoms with Gasteiger partial charge >= 0.3 is 0 Å².